The molecule has 0 bridgehead atoms. The Balaban J connectivity index is 1.61. The molecule has 0 saturated carbocycles. The first-order chi connectivity index (χ1) is 13.3. The standard InChI is InChI=1S/C21H14FN5/c22-17-9-2-1-8-16(17)18-10-11-19-21(24-18)27(26-25-19)13-15-6-3-5-14-7-4-12-23-20(14)15/h1-12H,13H2. The molecule has 0 saturated heterocycles. The van der Waals surface area contributed by atoms with Crippen LogP contribution in [0.1, 0.15) is 5.56 Å². The van der Waals surface area contributed by atoms with E-state index in [1.54, 1.807) is 35.1 Å². The number of hydrogen-bond donors (Lipinski definition) is 0. The van der Waals surface area contributed by atoms with E-state index in [1.165, 1.54) is 6.07 Å². The number of aromatic nitrogens is 5. The van der Waals surface area contributed by atoms with Crippen molar-refractivity contribution in [3.63, 3.8) is 0 Å². The van der Waals surface area contributed by atoms with Crippen molar-refractivity contribution in [2.75, 3.05) is 0 Å². The van der Waals surface area contributed by atoms with Crippen LogP contribution < -0.4 is 0 Å². The number of pyridine rings is 2. The maximum atomic E-state index is 14.1. The van der Waals surface area contributed by atoms with Crippen molar-refractivity contribution in [3.8, 4) is 11.3 Å². The monoisotopic (exact) mass is 355 g/mol. The number of nitrogens with zero attached hydrogens (tertiary/aromatic N) is 5. The molecule has 0 atom stereocenters. The Morgan fingerprint density at radius 3 is 2.70 bits per heavy atom. The number of rotatable bonds is 3. The van der Waals surface area contributed by atoms with Gasteiger partial charge in [-0.2, -0.15) is 0 Å². The zero-order valence-corrected chi connectivity index (χ0v) is 14.2. The summed E-state index contributed by atoms with van der Waals surface area (Å²) in [5.41, 5.74) is 4.25. The molecular weight excluding hydrogens is 341 g/mol. The number of halogens is 1. The molecule has 5 nitrogen and oxygen atoms in total. The van der Waals surface area contributed by atoms with E-state index in [2.05, 4.69) is 20.3 Å². The van der Waals surface area contributed by atoms with E-state index in [1.807, 2.05) is 36.4 Å². The molecule has 0 N–H and O–H groups in total. The number of benzene rings is 2. The highest BCUT2D eigenvalue weighted by Crippen LogP contribution is 2.23. The van der Waals surface area contributed by atoms with Gasteiger partial charge in [0.15, 0.2) is 5.65 Å². The Kier molecular flexibility index (Phi) is 3.60. The van der Waals surface area contributed by atoms with Gasteiger partial charge in [0.05, 0.1) is 17.8 Å². The fraction of sp³-hybridized carbons (Fsp3) is 0.0476. The van der Waals surface area contributed by atoms with Crippen molar-refractivity contribution in [2.45, 2.75) is 6.54 Å². The van der Waals surface area contributed by atoms with Crippen LogP contribution in [0.25, 0.3) is 33.3 Å². The van der Waals surface area contributed by atoms with Gasteiger partial charge in [-0.05, 0) is 35.9 Å². The highest BCUT2D eigenvalue weighted by atomic mass is 19.1. The second-order valence-corrected chi connectivity index (χ2v) is 6.26. The average molecular weight is 355 g/mol. The minimum absolute atomic E-state index is 0.304. The average Bonchev–Trinajstić information content (AvgIpc) is 3.11. The first-order valence-corrected chi connectivity index (χ1v) is 8.57. The predicted molar refractivity (Wildman–Crippen MR) is 102 cm³/mol. The molecule has 130 valence electrons. The van der Waals surface area contributed by atoms with Gasteiger partial charge in [0.25, 0.3) is 0 Å². The van der Waals surface area contributed by atoms with Crippen LogP contribution in [0.4, 0.5) is 4.39 Å². The first kappa shape index (κ1) is 15.6. The molecule has 0 aliphatic carbocycles. The lowest BCUT2D eigenvalue weighted by molar-refractivity contribution is 0.630. The molecule has 0 spiro atoms. The van der Waals surface area contributed by atoms with Gasteiger partial charge in [-0.3, -0.25) is 4.98 Å². The van der Waals surface area contributed by atoms with Crippen LogP contribution in [0.3, 0.4) is 0 Å². The van der Waals surface area contributed by atoms with Crippen molar-refractivity contribution >= 4 is 22.1 Å². The Morgan fingerprint density at radius 2 is 1.78 bits per heavy atom. The van der Waals surface area contributed by atoms with E-state index in [-0.39, 0.29) is 5.82 Å². The topological polar surface area (TPSA) is 56.5 Å². The van der Waals surface area contributed by atoms with E-state index in [9.17, 15) is 4.39 Å². The molecule has 0 unspecified atom stereocenters. The van der Waals surface area contributed by atoms with Gasteiger partial charge in [-0.1, -0.05) is 41.6 Å². The van der Waals surface area contributed by atoms with Crippen LogP contribution in [0.2, 0.25) is 0 Å². The Hall–Kier alpha value is -3.67. The van der Waals surface area contributed by atoms with Gasteiger partial charge in [-0.15, -0.1) is 5.10 Å². The van der Waals surface area contributed by atoms with Crippen molar-refractivity contribution in [1.82, 2.24) is 25.0 Å². The van der Waals surface area contributed by atoms with Crippen LogP contribution >= 0.6 is 0 Å². The number of hydrogen-bond acceptors (Lipinski definition) is 4. The quantitative estimate of drug-likeness (QED) is 0.486. The van der Waals surface area contributed by atoms with E-state index in [0.29, 0.717) is 29.0 Å². The van der Waals surface area contributed by atoms with Gasteiger partial charge in [0, 0.05) is 17.1 Å². The highest BCUT2D eigenvalue weighted by Gasteiger charge is 2.12. The van der Waals surface area contributed by atoms with Crippen LogP contribution in [0, 0.1) is 5.82 Å². The van der Waals surface area contributed by atoms with Crippen molar-refractivity contribution in [1.29, 1.82) is 0 Å². The molecule has 6 heteroatoms. The summed E-state index contributed by atoms with van der Waals surface area (Å²) in [5, 5.41) is 9.49. The van der Waals surface area contributed by atoms with E-state index >= 15 is 0 Å². The van der Waals surface area contributed by atoms with E-state index < -0.39 is 0 Å². The molecule has 0 radical (unpaired) electrons. The molecule has 5 aromatic rings. The minimum atomic E-state index is -0.304. The molecule has 0 fully saturated rings. The van der Waals surface area contributed by atoms with Crippen LogP contribution in [-0.4, -0.2) is 25.0 Å². The summed E-state index contributed by atoms with van der Waals surface area (Å²) >= 11 is 0. The molecule has 0 amide bonds. The maximum Gasteiger partial charge on any atom is 0.179 e. The fourth-order valence-electron chi connectivity index (χ4n) is 3.24. The van der Waals surface area contributed by atoms with Crippen molar-refractivity contribution in [2.24, 2.45) is 0 Å². The molecule has 27 heavy (non-hydrogen) atoms. The van der Waals surface area contributed by atoms with E-state index in [4.69, 9.17) is 0 Å². The van der Waals surface area contributed by atoms with Crippen LogP contribution in [-0.2, 0) is 6.54 Å². The van der Waals surface area contributed by atoms with Gasteiger partial charge < -0.3 is 0 Å². The summed E-state index contributed by atoms with van der Waals surface area (Å²) in [7, 11) is 0. The molecule has 2 aromatic carbocycles. The van der Waals surface area contributed by atoms with E-state index in [0.717, 1.165) is 16.5 Å². The fourth-order valence-corrected chi connectivity index (χ4v) is 3.24. The van der Waals surface area contributed by atoms with Gasteiger partial charge in [0.2, 0.25) is 0 Å². The summed E-state index contributed by atoms with van der Waals surface area (Å²) in [5.74, 6) is -0.304. The summed E-state index contributed by atoms with van der Waals surface area (Å²) in [6, 6.07) is 20.2. The smallest absolute Gasteiger partial charge is 0.179 e. The summed E-state index contributed by atoms with van der Waals surface area (Å²) in [4.78, 5) is 9.11. The molecule has 3 aromatic heterocycles. The Morgan fingerprint density at radius 1 is 0.889 bits per heavy atom. The van der Waals surface area contributed by atoms with Crippen molar-refractivity contribution in [3.05, 3.63) is 84.3 Å². The second kappa shape index (κ2) is 6.25. The third-order valence-corrected chi connectivity index (χ3v) is 4.55. The minimum Gasteiger partial charge on any atom is -0.256 e. The molecule has 5 rings (SSSR count). The Bertz CT molecular complexity index is 1270. The summed E-state index contributed by atoms with van der Waals surface area (Å²) in [6.07, 6.45) is 1.78. The second-order valence-electron chi connectivity index (χ2n) is 6.26. The number of para-hydroxylation sites is 1. The van der Waals surface area contributed by atoms with Gasteiger partial charge >= 0.3 is 0 Å². The van der Waals surface area contributed by atoms with Crippen molar-refractivity contribution < 1.29 is 4.39 Å². The largest absolute Gasteiger partial charge is 0.256 e. The third-order valence-electron chi connectivity index (χ3n) is 4.55. The first-order valence-electron chi connectivity index (χ1n) is 8.57. The molecular formula is C21H14FN5. The lowest BCUT2D eigenvalue weighted by Crippen LogP contribution is -2.04. The van der Waals surface area contributed by atoms with Gasteiger partial charge in [-0.25, -0.2) is 14.1 Å². The van der Waals surface area contributed by atoms with Crippen LogP contribution in [0.5, 0.6) is 0 Å². The molecule has 0 aliphatic heterocycles. The zero-order valence-electron chi connectivity index (χ0n) is 14.2. The maximum absolute atomic E-state index is 14.1. The summed E-state index contributed by atoms with van der Waals surface area (Å²) < 4.78 is 15.9. The normalized spacial score (nSPS) is 11.3. The zero-order chi connectivity index (χ0) is 18.2. The third kappa shape index (κ3) is 2.71. The lowest BCUT2D eigenvalue weighted by Gasteiger charge is -2.07. The van der Waals surface area contributed by atoms with Gasteiger partial charge in [0.1, 0.15) is 11.3 Å². The molecule has 0 aliphatic rings. The number of fused-ring (bicyclic) bond motifs is 2. The summed E-state index contributed by atoms with van der Waals surface area (Å²) in [6.45, 7) is 0.485. The van der Waals surface area contributed by atoms with Crippen LogP contribution in [0.15, 0.2) is 72.9 Å². The molecule has 3 heterocycles. The Labute approximate surface area is 154 Å². The highest BCUT2D eigenvalue weighted by molar-refractivity contribution is 5.82. The predicted octanol–water partition coefficient (Wildman–Crippen LogP) is 4.23. The lowest BCUT2D eigenvalue weighted by atomic mass is 10.1. The SMILES string of the molecule is Fc1ccccc1-c1ccc2nnn(Cc3cccc4cccnc34)c2n1.